The Bertz CT molecular complexity index is 393. The lowest BCUT2D eigenvalue weighted by Crippen LogP contribution is -2.30. The van der Waals surface area contributed by atoms with E-state index in [4.69, 9.17) is 4.74 Å². The van der Waals surface area contributed by atoms with Crippen LogP contribution in [-0.4, -0.2) is 43.5 Å². The SMILES string of the molecule is CC(C)OCCN(C)CC(=O)c1ccccc1Br. The number of carbonyl (C=O) groups is 1. The highest BCUT2D eigenvalue weighted by Gasteiger charge is 2.11. The maximum absolute atomic E-state index is 12.1. The quantitative estimate of drug-likeness (QED) is 0.725. The number of benzene rings is 1. The van der Waals surface area contributed by atoms with Gasteiger partial charge in [-0.2, -0.15) is 0 Å². The summed E-state index contributed by atoms with van der Waals surface area (Å²) in [4.78, 5) is 14.0. The number of ether oxygens (including phenoxy) is 1. The van der Waals surface area contributed by atoms with Gasteiger partial charge in [0.05, 0.1) is 19.3 Å². The van der Waals surface area contributed by atoms with E-state index in [1.165, 1.54) is 0 Å². The van der Waals surface area contributed by atoms with E-state index in [0.717, 1.165) is 16.6 Å². The summed E-state index contributed by atoms with van der Waals surface area (Å²) in [5.41, 5.74) is 0.731. The third kappa shape index (κ3) is 5.29. The zero-order chi connectivity index (χ0) is 13.5. The average molecular weight is 314 g/mol. The highest BCUT2D eigenvalue weighted by Crippen LogP contribution is 2.16. The number of likely N-dealkylation sites (N-methyl/N-ethyl adjacent to an activating group) is 1. The summed E-state index contributed by atoms with van der Waals surface area (Å²) < 4.78 is 6.31. The molecular weight excluding hydrogens is 294 g/mol. The molecule has 0 spiro atoms. The second-order valence-corrected chi connectivity index (χ2v) is 5.41. The first kappa shape index (κ1) is 15.3. The topological polar surface area (TPSA) is 29.5 Å². The highest BCUT2D eigenvalue weighted by atomic mass is 79.9. The first-order chi connectivity index (χ1) is 8.50. The van der Waals surface area contributed by atoms with Crippen LogP contribution in [0.25, 0.3) is 0 Å². The van der Waals surface area contributed by atoms with E-state index in [-0.39, 0.29) is 11.9 Å². The number of carbonyl (C=O) groups excluding carboxylic acids is 1. The molecule has 0 radical (unpaired) electrons. The van der Waals surface area contributed by atoms with Gasteiger partial charge in [-0.3, -0.25) is 9.69 Å². The smallest absolute Gasteiger partial charge is 0.177 e. The highest BCUT2D eigenvalue weighted by molar-refractivity contribution is 9.10. The lowest BCUT2D eigenvalue weighted by Gasteiger charge is -2.17. The Morgan fingerprint density at radius 1 is 1.39 bits per heavy atom. The number of Topliss-reactive ketones (excluding diaryl/α,β-unsaturated/α-hetero) is 1. The molecule has 0 bridgehead atoms. The normalized spacial score (nSPS) is 11.2. The summed E-state index contributed by atoms with van der Waals surface area (Å²) in [6, 6.07) is 7.50. The number of hydrogen-bond acceptors (Lipinski definition) is 3. The fourth-order valence-corrected chi connectivity index (χ4v) is 2.05. The van der Waals surface area contributed by atoms with Gasteiger partial charge in [-0.1, -0.05) is 34.1 Å². The Morgan fingerprint density at radius 3 is 2.67 bits per heavy atom. The summed E-state index contributed by atoms with van der Waals surface area (Å²) in [6.45, 7) is 5.83. The van der Waals surface area contributed by atoms with E-state index < -0.39 is 0 Å². The molecule has 3 nitrogen and oxygen atoms in total. The Labute approximate surface area is 117 Å². The molecule has 0 saturated heterocycles. The Morgan fingerprint density at radius 2 is 2.06 bits per heavy atom. The molecular formula is C14H20BrNO2. The molecule has 0 saturated carbocycles. The summed E-state index contributed by atoms with van der Waals surface area (Å²) in [5.74, 6) is 0.120. The van der Waals surface area contributed by atoms with E-state index >= 15 is 0 Å². The second-order valence-electron chi connectivity index (χ2n) is 4.56. The van der Waals surface area contributed by atoms with Crippen LogP contribution in [0.5, 0.6) is 0 Å². The number of hydrogen-bond donors (Lipinski definition) is 0. The van der Waals surface area contributed by atoms with Crippen LogP contribution in [0.4, 0.5) is 0 Å². The van der Waals surface area contributed by atoms with Gasteiger partial charge in [0.25, 0.3) is 0 Å². The van der Waals surface area contributed by atoms with Gasteiger partial charge in [0.1, 0.15) is 0 Å². The monoisotopic (exact) mass is 313 g/mol. The number of rotatable bonds is 7. The molecule has 4 heteroatoms. The first-order valence-corrected chi connectivity index (χ1v) is 6.88. The molecule has 0 aliphatic rings. The predicted octanol–water partition coefficient (Wildman–Crippen LogP) is 2.99. The third-order valence-electron chi connectivity index (χ3n) is 2.51. The van der Waals surface area contributed by atoms with Crippen molar-refractivity contribution < 1.29 is 9.53 Å². The van der Waals surface area contributed by atoms with Gasteiger partial charge in [0.15, 0.2) is 5.78 Å². The van der Waals surface area contributed by atoms with Crippen molar-refractivity contribution in [1.29, 1.82) is 0 Å². The van der Waals surface area contributed by atoms with E-state index in [1.54, 1.807) is 0 Å². The van der Waals surface area contributed by atoms with Crippen LogP contribution < -0.4 is 0 Å². The number of ketones is 1. The van der Waals surface area contributed by atoms with Crippen molar-refractivity contribution in [3.05, 3.63) is 34.3 Å². The van der Waals surface area contributed by atoms with Gasteiger partial charge in [-0.25, -0.2) is 0 Å². The fourth-order valence-electron chi connectivity index (χ4n) is 1.54. The molecule has 18 heavy (non-hydrogen) atoms. The van der Waals surface area contributed by atoms with E-state index in [2.05, 4.69) is 15.9 Å². The number of halogens is 1. The zero-order valence-corrected chi connectivity index (χ0v) is 12.7. The standard InChI is InChI=1S/C14H20BrNO2/c1-11(2)18-9-8-16(3)10-14(17)12-6-4-5-7-13(12)15/h4-7,11H,8-10H2,1-3H3. The van der Waals surface area contributed by atoms with Crippen LogP contribution in [0.15, 0.2) is 28.7 Å². The molecule has 0 unspecified atom stereocenters. The molecule has 1 aromatic carbocycles. The second kappa shape index (κ2) is 7.67. The minimum Gasteiger partial charge on any atom is -0.377 e. The molecule has 1 aromatic rings. The number of nitrogens with zero attached hydrogens (tertiary/aromatic N) is 1. The van der Waals surface area contributed by atoms with E-state index in [1.807, 2.05) is 50.1 Å². The predicted molar refractivity (Wildman–Crippen MR) is 77.1 cm³/mol. The summed E-state index contributed by atoms with van der Waals surface area (Å²) in [7, 11) is 1.93. The Hall–Kier alpha value is -0.710. The van der Waals surface area contributed by atoms with Gasteiger partial charge in [0.2, 0.25) is 0 Å². The maximum Gasteiger partial charge on any atom is 0.177 e. The van der Waals surface area contributed by atoms with Gasteiger partial charge in [0, 0.05) is 16.6 Å². The zero-order valence-electron chi connectivity index (χ0n) is 11.1. The molecule has 0 aliphatic carbocycles. The summed E-state index contributed by atoms with van der Waals surface area (Å²) in [6.07, 6.45) is 0.234. The van der Waals surface area contributed by atoms with Crippen LogP contribution in [0.1, 0.15) is 24.2 Å². The van der Waals surface area contributed by atoms with Gasteiger partial charge < -0.3 is 4.74 Å². The molecule has 100 valence electrons. The Balaban J connectivity index is 2.43. The van der Waals surface area contributed by atoms with Crippen molar-refractivity contribution in [3.8, 4) is 0 Å². The van der Waals surface area contributed by atoms with Crippen molar-refractivity contribution in [1.82, 2.24) is 4.90 Å². The summed E-state index contributed by atoms with van der Waals surface area (Å²) >= 11 is 3.39. The minimum absolute atomic E-state index is 0.120. The lowest BCUT2D eigenvalue weighted by molar-refractivity contribution is 0.0619. The largest absolute Gasteiger partial charge is 0.377 e. The lowest BCUT2D eigenvalue weighted by atomic mass is 10.1. The molecule has 0 heterocycles. The van der Waals surface area contributed by atoms with Crippen molar-refractivity contribution in [2.45, 2.75) is 20.0 Å². The molecule has 0 fully saturated rings. The molecule has 0 N–H and O–H groups in total. The average Bonchev–Trinajstić information content (AvgIpc) is 2.28. The van der Waals surface area contributed by atoms with Crippen LogP contribution in [0.2, 0.25) is 0 Å². The van der Waals surface area contributed by atoms with Gasteiger partial charge in [-0.05, 0) is 27.0 Å². The van der Waals surface area contributed by atoms with Crippen LogP contribution in [-0.2, 0) is 4.74 Å². The fraction of sp³-hybridized carbons (Fsp3) is 0.500. The Kier molecular flexibility index (Phi) is 6.54. The van der Waals surface area contributed by atoms with Gasteiger partial charge >= 0.3 is 0 Å². The summed E-state index contributed by atoms with van der Waals surface area (Å²) in [5, 5.41) is 0. The van der Waals surface area contributed by atoms with Crippen molar-refractivity contribution in [2.24, 2.45) is 0 Å². The third-order valence-corrected chi connectivity index (χ3v) is 3.20. The molecule has 0 atom stereocenters. The maximum atomic E-state index is 12.1. The van der Waals surface area contributed by atoms with E-state index in [9.17, 15) is 4.79 Å². The minimum atomic E-state index is 0.120. The van der Waals surface area contributed by atoms with Crippen molar-refractivity contribution in [3.63, 3.8) is 0 Å². The van der Waals surface area contributed by atoms with Crippen LogP contribution in [0, 0.1) is 0 Å². The molecule has 0 aliphatic heterocycles. The molecule has 0 aromatic heterocycles. The van der Waals surface area contributed by atoms with Gasteiger partial charge in [-0.15, -0.1) is 0 Å². The van der Waals surface area contributed by atoms with Crippen LogP contribution in [0.3, 0.4) is 0 Å². The first-order valence-electron chi connectivity index (χ1n) is 6.08. The van der Waals surface area contributed by atoms with Crippen molar-refractivity contribution >= 4 is 21.7 Å². The van der Waals surface area contributed by atoms with E-state index in [0.29, 0.717) is 13.2 Å². The molecule has 0 amide bonds. The van der Waals surface area contributed by atoms with Crippen LogP contribution >= 0.6 is 15.9 Å². The molecule has 1 rings (SSSR count). The van der Waals surface area contributed by atoms with Crippen molar-refractivity contribution in [2.75, 3.05) is 26.7 Å².